The van der Waals surface area contributed by atoms with E-state index in [1.807, 2.05) is 25.1 Å². The van der Waals surface area contributed by atoms with Crippen molar-refractivity contribution in [1.82, 2.24) is 0 Å². The number of hydrogen-bond acceptors (Lipinski definition) is 2. The van der Waals surface area contributed by atoms with E-state index in [-0.39, 0.29) is 5.41 Å². The largest absolute Gasteiger partial charge is 0.496 e. The molecular weight excluding hydrogens is 372 g/mol. The molecule has 1 N–H and O–H groups in total. The summed E-state index contributed by atoms with van der Waals surface area (Å²) in [6.07, 6.45) is 10.2. The summed E-state index contributed by atoms with van der Waals surface area (Å²) in [5.41, 5.74) is 4.66. The molecule has 2 aromatic rings. The molecule has 0 amide bonds. The SMILES string of the molecule is CC=C(c1ccc(C23CC4CC(CC(C4)C2)C3)c(OC)c1)c1ccccc1C(=O)O. The third kappa shape index (κ3) is 3.07. The Morgan fingerprint density at radius 1 is 1.00 bits per heavy atom. The standard InChI is InChI=1S/C27H30O3/c1-3-21(22-6-4-5-7-23(22)26(28)29)20-8-9-24(25(13-20)30-2)27-14-17-10-18(15-27)12-19(11-17)16-27/h3-9,13,17-19H,10-12,14-16H2,1-2H3,(H,28,29). The van der Waals surface area contributed by atoms with Crippen molar-refractivity contribution in [1.29, 1.82) is 0 Å². The molecule has 4 bridgehead atoms. The van der Waals surface area contributed by atoms with Crippen molar-refractivity contribution >= 4 is 11.5 Å². The Labute approximate surface area is 178 Å². The number of carboxylic acids is 1. The summed E-state index contributed by atoms with van der Waals surface area (Å²) in [6.45, 7) is 1.97. The highest BCUT2D eigenvalue weighted by molar-refractivity contribution is 5.97. The van der Waals surface area contributed by atoms with Crippen molar-refractivity contribution in [2.24, 2.45) is 17.8 Å². The van der Waals surface area contributed by atoms with Crippen molar-refractivity contribution in [3.8, 4) is 5.75 Å². The number of aromatic carboxylic acids is 1. The normalized spacial score (nSPS) is 29.8. The first kappa shape index (κ1) is 19.4. The molecule has 30 heavy (non-hydrogen) atoms. The van der Waals surface area contributed by atoms with Gasteiger partial charge in [0.25, 0.3) is 0 Å². The maximum Gasteiger partial charge on any atom is 0.336 e. The summed E-state index contributed by atoms with van der Waals surface area (Å²) in [7, 11) is 1.77. The molecule has 3 nitrogen and oxygen atoms in total. The zero-order chi connectivity index (χ0) is 20.9. The molecule has 4 saturated carbocycles. The van der Waals surface area contributed by atoms with Crippen LogP contribution in [0.2, 0.25) is 0 Å². The van der Waals surface area contributed by atoms with Gasteiger partial charge in [0.2, 0.25) is 0 Å². The Morgan fingerprint density at radius 2 is 1.60 bits per heavy atom. The second-order valence-electron chi connectivity index (χ2n) is 9.67. The molecule has 0 aliphatic heterocycles. The van der Waals surface area contributed by atoms with Gasteiger partial charge < -0.3 is 9.84 Å². The zero-order valence-electron chi connectivity index (χ0n) is 17.9. The fraction of sp³-hybridized carbons (Fsp3) is 0.444. The van der Waals surface area contributed by atoms with Crippen LogP contribution in [0.5, 0.6) is 5.75 Å². The first-order chi connectivity index (χ1) is 14.5. The van der Waals surface area contributed by atoms with Crippen LogP contribution in [-0.2, 0) is 5.41 Å². The number of ether oxygens (including phenoxy) is 1. The highest BCUT2D eigenvalue weighted by Crippen LogP contribution is 2.62. The number of rotatable bonds is 5. The molecule has 0 spiro atoms. The summed E-state index contributed by atoms with van der Waals surface area (Å²) in [5.74, 6) is 2.71. The molecule has 6 rings (SSSR count). The van der Waals surface area contributed by atoms with E-state index in [9.17, 15) is 9.90 Å². The van der Waals surface area contributed by atoms with Crippen LogP contribution in [-0.4, -0.2) is 18.2 Å². The third-order valence-electron chi connectivity index (χ3n) is 7.86. The molecule has 4 aliphatic carbocycles. The molecular formula is C27H30O3. The van der Waals surface area contributed by atoms with Crippen LogP contribution in [0, 0.1) is 17.8 Å². The summed E-state index contributed by atoms with van der Waals surface area (Å²) in [6, 6.07) is 13.8. The van der Waals surface area contributed by atoms with Crippen LogP contribution in [0.25, 0.3) is 5.57 Å². The lowest BCUT2D eigenvalue weighted by molar-refractivity contribution is -0.00615. The van der Waals surface area contributed by atoms with Gasteiger partial charge in [-0.15, -0.1) is 0 Å². The lowest BCUT2D eigenvalue weighted by Crippen LogP contribution is -2.48. The van der Waals surface area contributed by atoms with Crippen LogP contribution in [0.3, 0.4) is 0 Å². The van der Waals surface area contributed by atoms with Crippen LogP contribution in [0.1, 0.15) is 72.5 Å². The number of benzene rings is 2. The lowest BCUT2D eigenvalue weighted by Gasteiger charge is -2.57. The van der Waals surface area contributed by atoms with Gasteiger partial charge in [-0.25, -0.2) is 4.79 Å². The lowest BCUT2D eigenvalue weighted by atomic mass is 9.48. The predicted octanol–water partition coefficient (Wildman–Crippen LogP) is 6.31. The third-order valence-corrected chi connectivity index (χ3v) is 7.86. The fourth-order valence-electron chi connectivity index (χ4n) is 7.12. The van der Waals surface area contributed by atoms with Gasteiger partial charge in [-0.3, -0.25) is 0 Å². The van der Waals surface area contributed by atoms with E-state index >= 15 is 0 Å². The van der Waals surface area contributed by atoms with Gasteiger partial charge in [-0.2, -0.15) is 0 Å². The molecule has 0 aromatic heterocycles. The van der Waals surface area contributed by atoms with E-state index in [1.54, 1.807) is 19.2 Å². The summed E-state index contributed by atoms with van der Waals surface area (Å²) < 4.78 is 5.94. The van der Waals surface area contributed by atoms with Gasteiger partial charge >= 0.3 is 5.97 Å². The molecule has 0 atom stereocenters. The molecule has 0 heterocycles. The number of hydrogen-bond donors (Lipinski definition) is 1. The van der Waals surface area contributed by atoms with Crippen LogP contribution in [0.15, 0.2) is 48.5 Å². The number of allylic oxidation sites excluding steroid dienone is 1. The number of methoxy groups -OCH3 is 1. The van der Waals surface area contributed by atoms with Crippen LogP contribution < -0.4 is 4.74 Å². The van der Waals surface area contributed by atoms with Crippen molar-refractivity contribution < 1.29 is 14.6 Å². The Bertz CT molecular complexity index is 981. The van der Waals surface area contributed by atoms with Gasteiger partial charge in [0.05, 0.1) is 12.7 Å². The minimum absolute atomic E-state index is 0.272. The van der Waals surface area contributed by atoms with Crippen molar-refractivity contribution in [3.05, 3.63) is 70.8 Å². The molecule has 156 valence electrons. The van der Waals surface area contributed by atoms with E-state index in [0.29, 0.717) is 5.56 Å². The second-order valence-corrected chi connectivity index (χ2v) is 9.67. The molecule has 2 aromatic carbocycles. The minimum atomic E-state index is -0.901. The summed E-state index contributed by atoms with van der Waals surface area (Å²) >= 11 is 0. The summed E-state index contributed by atoms with van der Waals surface area (Å²) in [5, 5.41) is 9.65. The van der Waals surface area contributed by atoms with Gasteiger partial charge in [0, 0.05) is 5.56 Å². The van der Waals surface area contributed by atoms with E-state index in [4.69, 9.17) is 4.74 Å². The van der Waals surface area contributed by atoms with Crippen LogP contribution in [0.4, 0.5) is 0 Å². The maximum absolute atomic E-state index is 11.8. The Balaban J connectivity index is 1.56. The summed E-state index contributed by atoms with van der Waals surface area (Å²) in [4.78, 5) is 11.8. The number of carbonyl (C=O) groups is 1. The van der Waals surface area contributed by atoms with E-state index in [2.05, 4.69) is 18.2 Å². The molecule has 0 radical (unpaired) electrons. The van der Waals surface area contributed by atoms with E-state index in [1.165, 1.54) is 44.1 Å². The zero-order valence-corrected chi connectivity index (χ0v) is 17.9. The minimum Gasteiger partial charge on any atom is -0.496 e. The van der Waals surface area contributed by atoms with Gasteiger partial charge in [-0.1, -0.05) is 36.4 Å². The molecule has 4 fully saturated rings. The topological polar surface area (TPSA) is 46.5 Å². The van der Waals surface area contributed by atoms with Crippen molar-refractivity contribution in [2.45, 2.75) is 50.9 Å². The predicted molar refractivity (Wildman–Crippen MR) is 119 cm³/mol. The van der Waals surface area contributed by atoms with Crippen molar-refractivity contribution in [3.63, 3.8) is 0 Å². The van der Waals surface area contributed by atoms with Crippen LogP contribution >= 0.6 is 0 Å². The molecule has 0 unspecified atom stereocenters. The van der Waals surface area contributed by atoms with Crippen molar-refractivity contribution in [2.75, 3.05) is 7.11 Å². The Hall–Kier alpha value is -2.55. The second kappa shape index (κ2) is 7.30. The Morgan fingerprint density at radius 3 is 2.13 bits per heavy atom. The number of carboxylic acid groups (broad SMARTS) is 1. The first-order valence-corrected chi connectivity index (χ1v) is 11.2. The van der Waals surface area contributed by atoms with E-state index < -0.39 is 5.97 Å². The van der Waals surface area contributed by atoms with Gasteiger partial charge in [0.15, 0.2) is 0 Å². The molecule has 4 aliphatic rings. The molecule has 3 heteroatoms. The highest BCUT2D eigenvalue weighted by Gasteiger charge is 2.52. The first-order valence-electron chi connectivity index (χ1n) is 11.2. The van der Waals surface area contributed by atoms with E-state index in [0.717, 1.165) is 40.2 Å². The highest BCUT2D eigenvalue weighted by atomic mass is 16.5. The smallest absolute Gasteiger partial charge is 0.336 e. The maximum atomic E-state index is 11.8. The Kier molecular flexibility index (Phi) is 4.72. The monoisotopic (exact) mass is 402 g/mol. The van der Waals surface area contributed by atoms with Gasteiger partial charge in [0.1, 0.15) is 5.75 Å². The average Bonchev–Trinajstić information content (AvgIpc) is 2.73. The quantitative estimate of drug-likeness (QED) is 0.637. The average molecular weight is 403 g/mol. The fourth-order valence-corrected chi connectivity index (χ4v) is 7.12. The molecule has 0 saturated heterocycles. The van der Waals surface area contributed by atoms with Gasteiger partial charge in [-0.05, 0) is 97.5 Å².